The Kier molecular flexibility index (Phi) is 3.87. The molecule has 7 nitrogen and oxygen atoms in total. The van der Waals surface area contributed by atoms with Crippen molar-refractivity contribution < 1.29 is 19.5 Å². The van der Waals surface area contributed by atoms with E-state index in [0.29, 0.717) is 32.5 Å². The summed E-state index contributed by atoms with van der Waals surface area (Å²) in [5, 5.41) is 12.1. The number of hydrogen-bond acceptors (Lipinski definition) is 3. The van der Waals surface area contributed by atoms with Gasteiger partial charge in [-0.05, 0) is 19.8 Å². The lowest BCUT2D eigenvalue weighted by Crippen LogP contribution is -2.58. The van der Waals surface area contributed by atoms with Gasteiger partial charge in [-0.1, -0.05) is 6.92 Å². The van der Waals surface area contributed by atoms with Gasteiger partial charge in [0.15, 0.2) is 0 Å². The van der Waals surface area contributed by atoms with Crippen LogP contribution in [0.4, 0.5) is 4.79 Å². The fraction of sp³-hybridized carbons (Fsp3) is 0.769. The fourth-order valence-electron chi connectivity index (χ4n) is 2.88. The molecule has 2 aliphatic heterocycles. The molecule has 0 aromatic carbocycles. The molecule has 0 aromatic rings. The van der Waals surface area contributed by atoms with Gasteiger partial charge in [0.2, 0.25) is 5.91 Å². The first-order chi connectivity index (χ1) is 9.41. The first-order valence-electron chi connectivity index (χ1n) is 6.98. The minimum absolute atomic E-state index is 0.163. The summed E-state index contributed by atoms with van der Waals surface area (Å²) < 4.78 is 0. The normalized spacial score (nSPS) is 30.3. The van der Waals surface area contributed by atoms with Gasteiger partial charge in [0.25, 0.3) is 0 Å². The summed E-state index contributed by atoms with van der Waals surface area (Å²) in [6.45, 7) is 5.09. The highest BCUT2D eigenvalue weighted by Gasteiger charge is 2.46. The van der Waals surface area contributed by atoms with E-state index in [2.05, 4.69) is 5.32 Å². The average Bonchev–Trinajstić information content (AvgIpc) is 2.87. The maximum atomic E-state index is 12.5. The molecule has 2 saturated heterocycles. The number of likely N-dealkylation sites (tertiary alicyclic amines) is 1. The molecule has 0 radical (unpaired) electrons. The van der Waals surface area contributed by atoms with E-state index in [-0.39, 0.29) is 18.5 Å². The molecule has 2 N–H and O–H groups in total. The van der Waals surface area contributed by atoms with Gasteiger partial charge in [0.05, 0.1) is 5.41 Å². The van der Waals surface area contributed by atoms with Crippen molar-refractivity contribution in [1.29, 1.82) is 0 Å². The molecule has 0 aliphatic carbocycles. The largest absolute Gasteiger partial charge is 0.481 e. The third-order valence-electron chi connectivity index (χ3n) is 4.50. The zero-order valence-electron chi connectivity index (χ0n) is 11.9. The summed E-state index contributed by atoms with van der Waals surface area (Å²) in [5.41, 5.74) is -0.836. The SMILES string of the molecule is CCC1(C(=O)O)CCN(C(=O)N2CCNC(=O)C2C)C1. The van der Waals surface area contributed by atoms with Crippen LogP contribution < -0.4 is 5.32 Å². The van der Waals surface area contributed by atoms with E-state index in [1.807, 2.05) is 6.92 Å². The number of amides is 3. The predicted octanol–water partition coefficient (Wildman–Crippen LogP) is 0.113. The molecule has 0 spiro atoms. The Morgan fingerprint density at radius 2 is 2.15 bits per heavy atom. The number of carbonyl (C=O) groups is 3. The number of aliphatic carboxylic acids is 1. The number of nitrogens with one attached hydrogen (secondary N) is 1. The molecule has 0 saturated carbocycles. The second kappa shape index (κ2) is 5.30. The number of piperazine rings is 1. The van der Waals surface area contributed by atoms with E-state index in [1.165, 1.54) is 4.90 Å². The summed E-state index contributed by atoms with van der Waals surface area (Å²) in [7, 11) is 0. The average molecular weight is 283 g/mol. The Balaban J connectivity index is 2.08. The molecular formula is C13H21N3O4. The van der Waals surface area contributed by atoms with Gasteiger partial charge < -0.3 is 20.2 Å². The van der Waals surface area contributed by atoms with Gasteiger partial charge in [0.1, 0.15) is 6.04 Å². The molecule has 0 bridgehead atoms. The van der Waals surface area contributed by atoms with Crippen LogP contribution in [0, 0.1) is 5.41 Å². The van der Waals surface area contributed by atoms with Crippen molar-refractivity contribution in [3.63, 3.8) is 0 Å². The zero-order valence-corrected chi connectivity index (χ0v) is 11.9. The van der Waals surface area contributed by atoms with Crippen LogP contribution in [0.25, 0.3) is 0 Å². The topological polar surface area (TPSA) is 89.9 Å². The van der Waals surface area contributed by atoms with E-state index in [1.54, 1.807) is 11.8 Å². The van der Waals surface area contributed by atoms with Crippen molar-refractivity contribution in [1.82, 2.24) is 15.1 Å². The van der Waals surface area contributed by atoms with Crippen LogP contribution in [0.15, 0.2) is 0 Å². The molecule has 2 aliphatic rings. The second-order valence-corrected chi connectivity index (χ2v) is 5.55. The van der Waals surface area contributed by atoms with Gasteiger partial charge in [-0.2, -0.15) is 0 Å². The van der Waals surface area contributed by atoms with Crippen LogP contribution >= 0.6 is 0 Å². The van der Waals surface area contributed by atoms with E-state index < -0.39 is 17.4 Å². The molecular weight excluding hydrogens is 262 g/mol. The number of nitrogens with zero attached hydrogens (tertiary/aromatic N) is 2. The van der Waals surface area contributed by atoms with Crippen molar-refractivity contribution in [3.8, 4) is 0 Å². The van der Waals surface area contributed by atoms with Crippen molar-refractivity contribution in [2.75, 3.05) is 26.2 Å². The van der Waals surface area contributed by atoms with Crippen LogP contribution in [0.3, 0.4) is 0 Å². The Labute approximate surface area is 117 Å². The summed E-state index contributed by atoms with van der Waals surface area (Å²) in [5.74, 6) is -1.01. The highest BCUT2D eigenvalue weighted by molar-refractivity contribution is 5.88. The highest BCUT2D eigenvalue weighted by atomic mass is 16.4. The van der Waals surface area contributed by atoms with Crippen molar-refractivity contribution in [2.24, 2.45) is 5.41 Å². The lowest BCUT2D eigenvalue weighted by molar-refractivity contribution is -0.148. The molecule has 2 atom stereocenters. The molecule has 2 fully saturated rings. The highest BCUT2D eigenvalue weighted by Crippen LogP contribution is 2.34. The minimum atomic E-state index is -0.847. The molecule has 2 unspecified atom stereocenters. The minimum Gasteiger partial charge on any atom is -0.481 e. The molecule has 2 rings (SSSR count). The van der Waals surface area contributed by atoms with E-state index in [4.69, 9.17) is 0 Å². The monoisotopic (exact) mass is 283 g/mol. The Morgan fingerprint density at radius 1 is 1.45 bits per heavy atom. The van der Waals surface area contributed by atoms with Crippen LogP contribution in [0.1, 0.15) is 26.7 Å². The van der Waals surface area contributed by atoms with E-state index in [0.717, 1.165) is 0 Å². The molecule has 7 heteroatoms. The van der Waals surface area contributed by atoms with Crippen molar-refractivity contribution in [2.45, 2.75) is 32.7 Å². The third-order valence-corrected chi connectivity index (χ3v) is 4.50. The number of urea groups is 1. The van der Waals surface area contributed by atoms with Crippen LogP contribution in [0.5, 0.6) is 0 Å². The van der Waals surface area contributed by atoms with Crippen molar-refractivity contribution >= 4 is 17.9 Å². The fourth-order valence-corrected chi connectivity index (χ4v) is 2.88. The predicted molar refractivity (Wildman–Crippen MR) is 71.1 cm³/mol. The summed E-state index contributed by atoms with van der Waals surface area (Å²) in [6, 6.07) is -0.735. The second-order valence-electron chi connectivity index (χ2n) is 5.55. The van der Waals surface area contributed by atoms with Gasteiger partial charge in [-0.15, -0.1) is 0 Å². The van der Waals surface area contributed by atoms with E-state index in [9.17, 15) is 19.5 Å². The van der Waals surface area contributed by atoms with E-state index >= 15 is 0 Å². The third kappa shape index (κ3) is 2.32. The maximum absolute atomic E-state index is 12.5. The first kappa shape index (κ1) is 14.6. The Hall–Kier alpha value is -1.79. The molecule has 112 valence electrons. The lowest BCUT2D eigenvalue weighted by atomic mass is 9.84. The Bertz CT molecular complexity index is 439. The van der Waals surface area contributed by atoms with Gasteiger partial charge >= 0.3 is 12.0 Å². The summed E-state index contributed by atoms with van der Waals surface area (Å²) in [6.07, 6.45) is 0.973. The van der Waals surface area contributed by atoms with Crippen LogP contribution in [0.2, 0.25) is 0 Å². The number of rotatable bonds is 2. The number of carboxylic acid groups (broad SMARTS) is 1. The molecule has 3 amide bonds. The lowest BCUT2D eigenvalue weighted by Gasteiger charge is -2.36. The number of carbonyl (C=O) groups excluding carboxylic acids is 2. The standard InChI is InChI=1S/C13H21N3O4/c1-3-13(11(18)19)4-6-15(8-13)12(20)16-7-5-14-10(17)9(16)2/h9H,3-8H2,1-2H3,(H,14,17)(H,18,19). The summed E-state index contributed by atoms with van der Waals surface area (Å²) in [4.78, 5) is 38.5. The summed E-state index contributed by atoms with van der Waals surface area (Å²) >= 11 is 0. The smallest absolute Gasteiger partial charge is 0.320 e. The maximum Gasteiger partial charge on any atom is 0.320 e. The zero-order chi connectivity index (χ0) is 14.9. The molecule has 20 heavy (non-hydrogen) atoms. The van der Waals surface area contributed by atoms with Gasteiger partial charge in [-0.25, -0.2) is 4.79 Å². The number of hydrogen-bond donors (Lipinski definition) is 2. The first-order valence-corrected chi connectivity index (χ1v) is 6.98. The Morgan fingerprint density at radius 3 is 2.70 bits per heavy atom. The van der Waals surface area contributed by atoms with Crippen LogP contribution in [-0.4, -0.2) is 65.0 Å². The van der Waals surface area contributed by atoms with Crippen LogP contribution in [-0.2, 0) is 9.59 Å². The van der Waals surface area contributed by atoms with Gasteiger partial charge in [-0.3, -0.25) is 9.59 Å². The number of carboxylic acids is 1. The molecule has 2 heterocycles. The van der Waals surface area contributed by atoms with Gasteiger partial charge in [0, 0.05) is 26.2 Å². The molecule has 0 aromatic heterocycles. The van der Waals surface area contributed by atoms with Crippen molar-refractivity contribution in [3.05, 3.63) is 0 Å². The quantitative estimate of drug-likeness (QED) is 0.753.